The van der Waals surface area contributed by atoms with Crippen LogP contribution in [-0.4, -0.2) is 31.8 Å². The summed E-state index contributed by atoms with van der Waals surface area (Å²) in [5.41, 5.74) is 1.65. The van der Waals surface area contributed by atoms with E-state index in [9.17, 15) is 9.59 Å². The molecule has 0 saturated heterocycles. The molecule has 0 spiro atoms. The van der Waals surface area contributed by atoms with Gasteiger partial charge in [0.1, 0.15) is 0 Å². The standard InChI is InChI=1S/C20H21N5O2S/c1-14(28-18-7-5-17(6-8-18)24-15(2)26)20(27)22-13-16-4-9-19(21-12-16)25-11-3-10-23-25/h3-12,14H,13H2,1-2H3,(H,22,27)(H,24,26). The minimum Gasteiger partial charge on any atom is -0.351 e. The molecule has 0 radical (unpaired) electrons. The Labute approximate surface area is 167 Å². The lowest BCUT2D eigenvalue weighted by Gasteiger charge is -2.12. The fourth-order valence-corrected chi connectivity index (χ4v) is 3.36. The highest BCUT2D eigenvalue weighted by molar-refractivity contribution is 8.00. The van der Waals surface area contributed by atoms with Crippen molar-refractivity contribution in [3.05, 3.63) is 66.6 Å². The Balaban J connectivity index is 1.49. The molecule has 0 fully saturated rings. The first-order valence-electron chi connectivity index (χ1n) is 8.78. The number of carbonyl (C=O) groups excluding carboxylic acids is 2. The maximum Gasteiger partial charge on any atom is 0.233 e. The van der Waals surface area contributed by atoms with Crippen molar-refractivity contribution in [3.63, 3.8) is 0 Å². The van der Waals surface area contributed by atoms with Crippen LogP contribution in [0.15, 0.2) is 66.0 Å². The van der Waals surface area contributed by atoms with Crippen LogP contribution in [0.25, 0.3) is 5.82 Å². The van der Waals surface area contributed by atoms with Crippen LogP contribution in [0.2, 0.25) is 0 Å². The summed E-state index contributed by atoms with van der Waals surface area (Å²) >= 11 is 1.46. The Kier molecular flexibility index (Phi) is 6.44. The summed E-state index contributed by atoms with van der Waals surface area (Å²) < 4.78 is 1.68. The molecule has 0 aliphatic heterocycles. The van der Waals surface area contributed by atoms with Gasteiger partial charge in [0.05, 0.1) is 5.25 Å². The fourth-order valence-electron chi connectivity index (χ4n) is 2.47. The third kappa shape index (κ3) is 5.43. The minimum absolute atomic E-state index is 0.0490. The molecule has 3 aromatic rings. The number of benzene rings is 1. The summed E-state index contributed by atoms with van der Waals surface area (Å²) in [6, 6.07) is 13.0. The number of aromatic nitrogens is 3. The lowest BCUT2D eigenvalue weighted by Crippen LogP contribution is -2.30. The van der Waals surface area contributed by atoms with E-state index in [0.29, 0.717) is 6.54 Å². The highest BCUT2D eigenvalue weighted by Gasteiger charge is 2.14. The molecule has 2 heterocycles. The van der Waals surface area contributed by atoms with Crippen molar-refractivity contribution in [2.24, 2.45) is 0 Å². The van der Waals surface area contributed by atoms with Crippen molar-refractivity contribution in [1.29, 1.82) is 0 Å². The van der Waals surface area contributed by atoms with Gasteiger partial charge < -0.3 is 10.6 Å². The fraction of sp³-hybridized carbons (Fsp3) is 0.200. The molecule has 0 aliphatic rings. The number of thioether (sulfide) groups is 1. The van der Waals surface area contributed by atoms with E-state index in [1.807, 2.05) is 55.6 Å². The van der Waals surface area contributed by atoms with Crippen LogP contribution in [0.4, 0.5) is 5.69 Å². The van der Waals surface area contributed by atoms with Crippen LogP contribution in [0, 0.1) is 0 Å². The number of carbonyl (C=O) groups is 2. The van der Waals surface area contributed by atoms with Crippen molar-refractivity contribution < 1.29 is 9.59 Å². The number of nitrogens with one attached hydrogen (secondary N) is 2. The van der Waals surface area contributed by atoms with Gasteiger partial charge in [-0.15, -0.1) is 11.8 Å². The van der Waals surface area contributed by atoms with E-state index in [0.717, 1.165) is 22.0 Å². The van der Waals surface area contributed by atoms with E-state index in [-0.39, 0.29) is 17.1 Å². The van der Waals surface area contributed by atoms with Crippen LogP contribution < -0.4 is 10.6 Å². The first-order chi connectivity index (χ1) is 13.5. The molecular formula is C20H21N5O2S. The Morgan fingerprint density at radius 3 is 2.57 bits per heavy atom. The van der Waals surface area contributed by atoms with Crippen molar-refractivity contribution in [2.45, 2.75) is 30.5 Å². The Morgan fingerprint density at radius 1 is 1.18 bits per heavy atom. The lowest BCUT2D eigenvalue weighted by atomic mass is 10.2. The van der Waals surface area contributed by atoms with Crippen LogP contribution in [0.3, 0.4) is 0 Å². The average Bonchev–Trinajstić information content (AvgIpc) is 3.22. The van der Waals surface area contributed by atoms with Gasteiger partial charge in [-0.25, -0.2) is 9.67 Å². The van der Waals surface area contributed by atoms with Crippen LogP contribution in [0.1, 0.15) is 19.4 Å². The Hall–Kier alpha value is -3.13. The molecule has 1 aromatic carbocycles. The van der Waals surface area contributed by atoms with Crippen LogP contribution >= 0.6 is 11.8 Å². The molecule has 1 atom stereocenters. The molecule has 28 heavy (non-hydrogen) atoms. The van der Waals surface area contributed by atoms with Crippen LogP contribution in [0.5, 0.6) is 0 Å². The first-order valence-corrected chi connectivity index (χ1v) is 9.66. The third-order valence-electron chi connectivity index (χ3n) is 3.87. The van der Waals surface area contributed by atoms with Gasteiger partial charge in [-0.3, -0.25) is 9.59 Å². The number of hydrogen-bond acceptors (Lipinski definition) is 5. The first kappa shape index (κ1) is 19.6. The smallest absolute Gasteiger partial charge is 0.233 e. The topological polar surface area (TPSA) is 88.9 Å². The minimum atomic E-state index is -0.247. The van der Waals surface area contributed by atoms with E-state index in [1.54, 1.807) is 17.1 Å². The Bertz CT molecular complexity index is 924. The van der Waals surface area contributed by atoms with Gasteiger partial charge in [-0.1, -0.05) is 6.07 Å². The molecule has 0 aliphatic carbocycles. The summed E-state index contributed by atoms with van der Waals surface area (Å²) in [4.78, 5) is 28.7. The van der Waals surface area contributed by atoms with Crippen molar-refractivity contribution in [3.8, 4) is 5.82 Å². The maximum absolute atomic E-state index is 12.4. The molecule has 1 unspecified atom stereocenters. The van der Waals surface area contributed by atoms with E-state index in [2.05, 4.69) is 20.7 Å². The third-order valence-corrected chi connectivity index (χ3v) is 4.98. The summed E-state index contributed by atoms with van der Waals surface area (Å²) in [6.07, 6.45) is 5.25. The van der Waals surface area contributed by atoms with Gasteiger partial charge in [-0.2, -0.15) is 5.10 Å². The summed E-state index contributed by atoms with van der Waals surface area (Å²) in [6.45, 7) is 3.74. The highest BCUT2D eigenvalue weighted by atomic mass is 32.2. The normalized spacial score (nSPS) is 11.6. The van der Waals surface area contributed by atoms with E-state index < -0.39 is 0 Å². The number of nitrogens with zero attached hydrogens (tertiary/aromatic N) is 3. The number of rotatable bonds is 7. The number of anilines is 1. The predicted molar refractivity (Wildman–Crippen MR) is 109 cm³/mol. The van der Waals surface area contributed by atoms with E-state index in [4.69, 9.17) is 0 Å². The van der Waals surface area contributed by atoms with Gasteiger partial charge in [0.25, 0.3) is 0 Å². The SMILES string of the molecule is CC(=O)Nc1ccc(SC(C)C(=O)NCc2ccc(-n3cccn3)nc2)cc1. The van der Waals surface area contributed by atoms with Gasteiger partial charge in [-0.05, 0) is 48.9 Å². The molecular weight excluding hydrogens is 374 g/mol. The lowest BCUT2D eigenvalue weighted by molar-refractivity contribution is -0.120. The largest absolute Gasteiger partial charge is 0.351 e. The summed E-state index contributed by atoms with van der Waals surface area (Å²) in [5.74, 6) is 0.569. The molecule has 0 saturated carbocycles. The molecule has 7 nitrogen and oxygen atoms in total. The van der Waals surface area contributed by atoms with Gasteiger partial charge >= 0.3 is 0 Å². The average molecular weight is 395 g/mol. The molecule has 2 N–H and O–H groups in total. The van der Waals surface area contributed by atoms with Crippen molar-refractivity contribution >= 4 is 29.3 Å². The van der Waals surface area contributed by atoms with Gasteiger partial charge in [0.15, 0.2) is 5.82 Å². The van der Waals surface area contributed by atoms with Gasteiger partial charge in [0, 0.05) is 42.6 Å². The molecule has 144 valence electrons. The van der Waals surface area contributed by atoms with Gasteiger partial charge in [0.2, 0.25) is 11.8 Å². The predicted octanol–water partition coefficient (Wildman–Crippen LogP) is 3.02. The molecule has 2 amide bonds. The maximum atomic E-state index is 12.4. The molecule has 8 heteroatoms. The zero-order valence-electron chi connectivity index (χ0n) is 15.6. The second-order valence-electron chi connectivity index (χ2n) is 6.16. The second kappa shape index (κ2) is 9.18. The van der Waals surface area contributed by atoms with Crippen molar-refractivity contribution in [2.75, 3.05) is 5.32 Å². The van der Waals surface area contributed by atoms with E-state index in [1.165, 1.54) is 18.7 Å². The zero-order valence-corrected chi connectivity index (χ0v) is 16.4. The molecule has 0 bridgehead atoms. The quantitative estimate of drug-likeness (QED) is 0.600. The summed E-state index contributed by atoms with van der Waals surface area (Å²) in [7, 11) is 0. The number of pyridine rings is 1. The zero-order chi connectivity index (χ0) is 19.9. The highest BCUT2D eigenvalue weighted by Crippen LogP contribution is 2.25. The molecule has 2 aromatic heterocycles. The Morgan fingerprint density at radius 2 is 1.96 bits per heavy atom. The number of amides is 2. The van der Waals surface area contributed by atoms with Crippen molar-refractivity contribution in [1.82, 2.24) is 20.1 Å². The summed E-state index contributed by atoms with van der Waals surface area (Å²) in [5, 5.41) is 9.54. The monoisotopic (exact) mass is 395 g/mol. The van der Waals surface area contributed by atoms with Crippen LogP contribution in [-0.2, 0) is 16.1 Å². The second-order valence-corrected chi connectivity index (χ2v) is 7.57. The van der Waals surface area contributed by atoms with E-state index >= 15 is 0 Å². The molecule has 3 rings (SSSR count). The number of hydrogen-bond donors (Lipinski definition) is 2.